The highest BCUT2D eigenvalue weighted by atomic mass is 79.9. The van der Waals surface area contributed by atoms with Crippen molar-refractivity contribution < 1.29 is 9.59 Å². The third-order valence-corrected chi connectivity index (χ3v) is 4.43. The summed E-state index contributed by atoms with van der Waals surface area (Å²) >= 11 is 3.37. The molecule has 0 bridgehead atoms. The Morgan fingerprint density at radius 3 is 2.08 bits per heavy atom. The maximum absolute atomic E-state index is 12.1. The molecule has 2 rings (SSSR count). The number of anilines is 1. The van der Waals surface area contributed by atoms with Gasteiger partial charge in [-0.05, 0) is 30.7 Å². The molecule has 7 heteroatoms. The van der Waals surface area contributed by atoms with Gasteiger partial charge in [0.05, 0.1) is 13.1 Å². The second-order valence-electron chi connectivity index (χ2n) is 5.96. The summed E-state index contributed by atoms with van der Waals surface area (Å²) in [6.07, 6.45) is 0.951. The van der Waals surface area contributed by atoms with Crippen LogP contribution in [-0.2, 0) is 9.59 Å². The summed E-state index contributed by atoms with van der Waals surface area (Å²) in [6.45, 7) is 6.82. The molecular weight excluding hydrogens is 372 g/mol. The molecule has 1 aromatic carbocycles. The number of nitrogens with zero attached hydrogens (tertiary/aromatic N) is 2. The lowest BCUT2D eigenvalue weighted by Crippen LogP contribution is -2.51. The minimum atomic E-state index is -0.00791. The van der Waals surface area contributed by atoms with Crippen LogP contribution >= 0.6 is 15.9 Å². The van der Waals surface area contributed by atoms with Gasteiger partial charge in [-0.15, -0.1) is 0 Å². The van der Waals surface area contributed by atoms with Crippen molar-refractivity contribution >= 4 is 33.4 Å². The maximum Gasteiger partial charge on any atom is 0.238 e. The molecule has 0 aliphatic carbocycles. The number of piperazine rings is 1. The third kappa shape index (κ3) is 6.59. The number of hydrogen-bond acceptors (Lipinski definition) is 4. The summed E-state index contributed by atoms with van der Waals surface area (Å²) in [6, 6.07) is 7.54. The summed E-state index contributed by atoms with van der Waals surface area (Å²) in [5, 5.41) is 5.80. The summed E-state index contributed by atoms with van der Waals surface area (Å²) in [5.41, 5.74) is 0.800. The fourth-order valence-electron chi connectivity index (χ4n) is 2.57. The van der Waals surface area contributed by atoms with Gasteiger partial charge in [0.1, 0.15) is 0 Å². The van der Waals surface area contributed by atoms with Gasteiger partial charge in [-0.2, -0.15) is 0 Å². The Bertz CT molecular complexity index is 542. The number of hydrogen-bond donors (Lipinski definition) is 2. The molecule has 2 amide bonds. The molecule has 1 aliphatic rings. The van der Waals surface area contributed by atoms with Crippen molar-refractivity contribution in [3.8, 4) is 0 Å². The van der Waals surface area contributed by atoms with E-state index < -0.39 is 0 Å². The van der Waals surface area contributed by atoms with Crippen LogP contribution in [0.5, 0.6) is 0 Å². The zero-order valence-corrected chi connectivity index (χ0v) is 15.6. The van der Waals surface area contributed by atoms with Gasteiger partial charge in [0, 0.05) is 42.9 Å². The molecule has 1 aliphatic heterocycles. The van der Waals surface area contributed by atoms with E-state index in [4.69, 9.17) is 0 Å². The number of amides is 2. The summed E-state index contributed by atoms with van der Waals surface area (Å²) in [4.78, 5) is 28.1. The molecule has 6 nitrogen and oxygen atoms in total. The van der Waals surface area contributed by atoms with Crippen molar-refractivity contribution in [2.45, 2.75) is 13.3 Å². The molecule has 0 atom stereocenters. The number of carbonyl (C=O) groups is 2. The highest BCUT2D eigenvalue weighted by Crippen LogP contribution is 2.14. The molecule has 24 heavy (non-hydrogen) atoms. The first-order chi connectivity index (χ1) is 11.6. The molecular formula is C17H25BrN4O2. The second kappa shape index (κ2) is 9.76. The quantitative estimate of drug-likeness (QED) is 0.733. The van der Waals surface area contributed by atoms with Crippen LogP contribution in [0.25, 0.3) is 0 Å². The lowest BCUT2D eigenvalue weighted by atomic mass is 10.3. The standard InChI is InChI=1S/C17H25BrN4O2/c1-2-7-19-16(23)12-21-8-10-22(11-9-21)13-17(24)20-15-5-3-14(18)4-6-15/h3-6H,2,7-13H2,1H3,(H,19,23)(H,20,24). The number of benzene rings is 1. The molecule has 0 spiro atoms. The fourth-order valence-corrected chi connectivity index (χ4v) is 2.83. The minimum Gasteiger partial charge on any atom is -0.355 e. The molecule has 1 aromatic rings. The van der Waals surface area contributed by atoms with E-state index in [9.17, 15) is 9.59 Å². The van der Waals surface area contributed by atoms with Crippen molar-refractivity contribution in [1.82, 2.24) is 15.1 Å². The fraction of sp³-hybridized carbons (Fsp3) is 0.529. The zero-order chi connectivity index (χ0) is 17.4. The van der Waals surface area contributed by atoms with Gasteiger partial charge in [0.15, 0.2) is 0 Å². The minimum absolute atomic E-state index is 0.00791. The van der Waals surface area contributed by atoms with Crippen LogP contribution in [0.3, 0.4) is 0 Å². The Morgan fingerprint density at radius 2 is 1.54 bits per heavy atom. The molecule has 2 N–H and O–H groups in total. The van der Waals surface area contributed by atoms with Crippen LogP contribution in [-0.4, -0.2) is 67.4 Å². The summed E-state index contributed by atoms with van der Waals surface area (Å²) in [5.74, 6) is 0.0738. The molecule has 1 saturated heterocycles. The van der Waals surface area contributed by atoms with Crippen molar-refractivity contribution in [3.63, 3.8) is 0 Å². The normalized spacial score (nSPS) is 15.9. The maximum atomic E-state index is 12.1. The van der Waals surface area contributed by atoms with Gasteiger partial charge in [-0.25, -0.2) is 0 Å². The monoisotopic (exact) mass is 396 g/mol. The highest BCUT2D eigenvalue weighted by Gasteiger charge is 2.20. The topological polar surface area (TPSA) is 64.7 Å². The second-order valence-corrected chi connectivity index (χ2v) is 6.87. The van der Waals surface area contributed by atoms with Crippen LogP contribution in [0.15, 0.2) is 28.7 Å². The van der Waals surface area contributed by atoms with E-state index in [0.717, 1.165) is 49.3 Å². The number of halogens is 1. The molecule has 0 saturated carbocycles. The number of rotatable bonds is 7. The number of carbonyl (C=O) groups excluding carboxylic acids is 2. The van der Waals surface area contributed by atoms with E-state index in [-0.39, 0.29) is 11.8 Å². The van der Waals surface area contributed by atoms with E-state index in [1.165, 1.54) is 0 Å². The summed E-state index contributed by atoms with van der Waals surface area (Å²) in [7, 11) is 0. The van der Waals surface area contributed by atoms with Crippen LogP contribution in [0.1, 0.15) is 13.3 Å². The third-order valence-electron chi connectivity index (χ3n) is 3.90. The average molecular weight is 397 g/mol. The average Bonchev–Trinajstić information content (AvgIpc) is 2.57. The zero-order valence-electron chi connectivity index (χ0n) is 14.1. The largest absolute Gasteiger partial charge is 0.355 e. The van der Waals surface area contributed by atoms with Crippen molar-refractivity contribution in [1.29, 1.82) is 0 Å². The molecule has 1 fully saturated rings. The lowest BCUT2D eigenvalue weighted by Gasteiger charge is -2.33. The molecule has 0 unspecified atom stereocenters. The lowest BCUT2D eigenvalue weighted by molar-refractivity contribution is -0.123. The Balaban J connectivity index is 1.67. The first kappa shape index (κ1) is 18.9. The number of nitrogens with one attached hydrogen (secondary N) is 2. The highest BCUT2D eigenvalue weighted by molar-refractivity contribution is 9.10. The van der Waals surface area contributed by atoms with Gasteiger partial charge >= 0.3 is 0 Å². The first-order valence-corrected chi connectivity index (χ1v) is 9.13. The van der Waals surface area contributed by atoms with E-state index in [1.54, 1.807) is 0 Å². The van der Waals surface area contributed by atoms with E-state index >= 15 is 0 Å². The van der Waals surface area contributed by atoms with Crippen LogP contribution < -0.4 is 10.6 Å². The Hall–Kier alpha value is -1.44. The van der Waals surface area contributed by atoms with Gasteiger partial charge in [0.2, 0.25) is 11.8 Å². The van der Waals surface area contributed by atoms with E-state index in [0.29, 0.717) is 13.1 Å². The first-order valence-electron chi connectivity index (χ1n) is 8.33. The van der Waals surface area contributed by atoms with Crippen LogP contribution in [0, 0.1) is 0 Å². The Labute approximate surface area is 151 Å². The van der Waals surface area contributed by atoms with Crippen molar-refractivity contribution in [2.24, 2.45) is 0 Å². The van der Waals surface area contributed by atoms with Crippen LogP contribution in [0.2, 0.25) is 0 Å². The van der Waals surface area contributed by atoms with Gasteiger partial charge in [-0.3, -0.25) is 19.4 Å². The molecule has 0 radical (unpaired) electrons. The van der Waals surface area contributed by atoms with Gasteiger partial charge < -0.3 is 10.6 Å². The van der Waals surface area contributed by atoms with Gasteiger partial charge in [-0.1, -0.05) is 22.9 Å². The smallest absolute Gasteiger partial charge is 0.238 e. The Morgan fingerprint density at radius 1 is 1.00 bits per heavy atom. The Kier molecular flexibility index (Phi) is 7.68. The van der Waals surface area contributed by atoms with Gasteiger partial charge in [0.25, 0.3) is 0 Å². The SMILES string of the molecule is CCCNC(=O)CN1CCN(CC(=O)Nc2ccc(Br)cc2)CC1. The molecule has 0 aromatic heterocycles. The van der Waals surface area contributed by atoms with Crippen molar-refractivity contribution in [3.05, 3.63) is 28.7 Å². The summed E-state index contributed by atoms with van der Waals surface area (Å²) < 4.78 is 0.986. The predicted octanol–water partition coefficient (Wildman–Crippen LogP) is 1.53. The van der Waals surface area contributed by atoms with Crippen LogP contribution in [0.4, 0.5) is 5.69 Å². The predicted molar refractivity (Wildman–Crippen MR) is 99.0 cm³/mol. The van der Waals surface area contributed by atoms with Crippen molar-refractivity contribution in [2.75, 3.05) is 51.1 Å². The molecule has 1 heterocycles. The van der Waals surface area contributed by atoms with E-state index in [1.807, 2.05) is 31.2 Å². The molecule has 132 valence electrons. The van der Waals surface area contributed by atoms with E-state index in [2.05, 4.69) is 36.4 Å².